The van der Waals surface area contributed by atoms with E-state index in [0.717, 1.165) is 0 Å². The van der Waals surface area contributed by atoms with Gasteiger partial charge in [0.15, 0.2) is 5.82 Å². The number of pyridine rings is 1. The fraction of sp³-hybridized carbons (Fsp3) is 0.211. The molecule has 0 radical (unpaired) electrons. The van der Waals surface area contributed by atoms with Crippen LogP contribution in [0.25, 0.3) is 5.82 Å². The molecule has 1 unspecified atom stereocenters. The summed E-state index contributed by atoms with van der Waals surface area (Å²) in [7, 11) is 0. The fourth-order valence-electron chi connectivity index (χ4n) is 2.60. The molecule has 0 spiro atoms. The van der Waals surface area contributed by atoms with Crippen molar-refractivity contribution in [3.63, 3.8) is 0 Å². The van der Waals surface area contributed by atoms with Gasteiger partial charge in [0.2, 0.25) is 5.91 Å². The largest absolute Gasteiger partial charge is 0.340 e. The lowest BCUT2D eigenvalue weighted by Gasteiger charge is -2.22. The van der Waals surface area contributed by atoms with Crippen molar-refractivity contribution < 1.29 is 9.59 Å². The summed E-state index contributed by atoms with van der Waals surface area (Å²) < 4.78 is 1.45. The van der Waals surface area contributed by atoms with Crippen LogP contribution >= 0.6 is 11.6 Å². The summed E-state index contributed by atoms with van der Waals surface area (Å²) in [5.74, 6) is -0.516. The van der Waals surface area contributed by atoms with E-state index in [1.54, 1.807) is 42.6 Å². The average Bonchev–Trinajstić information content (AvgIpc) is 3.21. The van der Waals surface area contributed by atoms with E-state index in [0.29, 0.717) is 22.1 Å². The van der Waals surface area contributed by atoms with Crippen molar-refractivity contribution in [2.24, 2.45) is 5.92 Å². The smallest absolute Gasteiger partial charge is 0.253 e. The number of hydrogen-bond donors (Lipinski definition) is 2. The number of aromatic nitrogens is 4. The highest BCUT2D eigenvalue weighted by atomic mass is 35.5. The van der Waals surface area contributed by atoms with Gasteiger partial charge in [0.05, 0.1) is 16.3 Å². The zero-order valence-electron chi connectivity index (χ0n) is 15.3. The minimum Gasteiger partial charge on any atom is -0.340 e. The van der Waals surface area contributed by atoms with Crippen LogP contribution < -0.4 is 10.6 Å². The number of rotatable bonds is 6. The predicted molar refractivity (Wildman–Crippen MR) is 105 cm³/mol. The SMILES string of the molecule is CC(C)C(NC(=O)c1ccccc1Cl)C(=O)Nc1cccnc1-n1cncn1. The first-order valence-corrected chi connectivity index (χ1v) is 9.01. The lowest BCUT2D eigenvalue weighted by molar-refractivity contribution is -0.118. The lowest BCUT2D eigenvalue weighted by atomic mass is 10.0. The predicted octanol–water partition coefficient (Wildman–Crippen LogP) is 2.71. The van der Waals surface area contributed by atoms with E-state index in [2.05, 4.69) is 25.7 Å². The third-order valence-corrected chi connectivity index (χ3v) is 4.36. The molecule has 0 bridgehead atoms. The Morgan fingerprint density at radius 1 is 1.14 bits per heavy atom. The van der Waals surface area contributed by atoms with Gasteiger partial charge in [-0.3, -0.25) is 9.59 Å². The molecule has 0 saturated heterocycles. The molecule has 0 aliphatic heterocycles. The Hall–Kier alpha value is -3.26. The van der Waals surface area contributed by atoms with Crippen molar-refractivity contribution in [2.75, 3.05) is 5.32 Å². The molecule has 8 nitrogen and oxygen atoms in total. The minimum atomic E-state index is -0.771. The zero-order valence-corrected chi connectivity index (χ0v) is 16.1. The first-order valence-electron chi connectivity index (χ1n) is 8.63. The Kier molecular flexibility index (Phi) is 6.00. The van der Waals surface area contributed by atoms with Crippen LogP contribution in [0.2, 0.25) is 5.02 Å². The molecule has 0 fully saturated rings. The molecule has 144 valence electrons. The third kappa shape index (κ3) is 4.34. The summed E-state index contributed by atoms with van der Waals surface area (Å²) in [5.41, 5.74) is 0.767. The molecule has 3 aromatic rings. The fourth-order valence-corrected chi connectivity index (χ4v) is 2.83. The number of anilines is 1. The monoisotopic (exact) mass is 398 g/mol. The number of nitrogens with one attached hydrogen (secondary N) is 2. The molecule has 2 aromatic heterocycles. The molecule has 1 atom stereocenters. The zero-order chi connectivity index (χ0) is 20.1. The second kappa shape index (κ2) is 8.62. The normalized spacial score (nSPS) is 11.9. The van der Waals surface area contributed by atoms with E-state index >= 15 is 0 Å². The second-order valence-electron chi connectivity index (χ2n) is 6.38. The number of carbonyl (C=O) groups is 2. The molecule has 0 aliphatic rings. The molecule has 0 aliphatic carbocycles. The van der Waals surface area contributed by atoms with Gasteiger partial charge >= 0.3 is 0 Å². The highest BCUT2D eigenvalue weighted by Gasteiger charge is 2.26. The van der Waals surface area contributed by atoms with E-state index in [9.17, 15) is 9.59 Å². The molecule has 3 rings (SSSR count). The lowest BCUT2D eigenvalue weighted by Crippen LogP contribution is -2.47. The molecule has 9 heteroatoms. The second-order valence-corrected chi connectivity index (χ2v) is 6.79. The molecule has 0 saturated carbocycles. The molecule has 2 N–H and O–H groups in total. The van der Waals surface area contributed by atoms with Crippen molar-refractivity contribution in [3.8, 4) is 5.82 Å². The van der Waals surface area contributed by atoms with Crippen LogP contribution in [0.1, 0.15) is 24.2 Å². The molecular formula is C19H19ClN6O2. The standard InChI is InChI=1S/C19H19ClN6O2/c1-12(2)16(25-18(27)13-6-3-4-7-14(13)20)19(28)24-15-8-5-9-22-17(15)26-11-21-10-23-26/h3-12,16H,1-2H3,(H,24,28)(H,25,27). The van der Waals surface area contributed by atoms with Crippen LogP contribution in [0, 0.1) is 5.92 Å². The Morgan fingerprint density at radius 3 is 2.61 bits per heavy atom. The first-order chi connectivity index (χ1) is 13.5. The van der Waals surface area contributed by atoms with E-state index in [4.69, 9.17) is 11.6 Å². The van der Waals surface area contributed by atoms with Gasteiger partial charge in [0.1, 0.15) is 18.7 Å². The van der Waals surface area contributed by atoms with Gasteiger partial charge in [-0.15, -0.1) is 0 Å². The van der Waals surface area contributed by atoms with Gasteiger partial charge in [-0.25, -0.2) is 14.6 Å². The highest BCUT2D eigenvalue weighted by molar-refractivity contribution is 6.33. The summed E-state index contributed by atoms with van der Waals surface area (Å²) >= 11 is 6.08. The van der Waals surface area contributed by atoms with Gasteiger partial charge in [-0.05, 0) is 30.2 Å². The Bertz CT molecular complexity index is 974. The number of amides is 2. The van der Waals surface area contributed by atoms with Crippen molar-refractivity contribution in [1.29, 1.82) is 0 Å². The van der Waals surface area contributed by atoms with Gasteiger partial charge in [0, 0.05) is 6.20 Å². The molecular weight excluding hydrogens is 380 g/mol. The number of carbonyl (C=O) groups excluding carboxylic acids is 2. The summed E-state index contributed by atoms with van der Waals surface area (Å²) in [6, 6.07) is 9.31. The van der Waals surface area contributed by atoms with Crippen molar-refractivity contribution in [1.82, 2.24) is 25.1 Å². The van der Waals surface area contributed by atoms with Crippen LogP contribution in [-0.4, -0.2) is 37.6 Å². The summed E-state index contributed by atoms with van der Waals surface area (Å²) in [6.07, 6.45) is 4.45. The van der Waals surface area contributed by atoms with Gasteiger partial charge in [-0.1, -0.05) is 37.6 Å². The maximum atomic E-state index is 12.9. The summed E-state index contributed by atoms with van der Waals surface area (Å²) in [6.45, 7) is 3.69. The maximum Gasteiger partial charge on any atom is 0.253 e. The summed E-state index contributed by atoms with van der Waals surface area (Å²) in [4.78, 5) is 33.6. The Balaban J connectivity index is 1.80. The Morgan fingerprint density at radius 2 is 1.93 bits per heavy atom. The van der Waals surface area contributed by atoms with E-state index in [1.807, 2.05) is 13.8 Å². The molecule has 28 heavy (non-hydrogen) atoms. The minimum absolute atomic E-state index is 0.155. The van der Waals surface area contributed by atoms with Crippen LogP contribution in [0.5, 0.6) is 0 Å². The van der Waals surface area contributed by atoms with E-state index < -0.39 is 11.9 Å². The van der Waals surface area contributed by atoms with E-state index in [-0.39, 0.29) is 11.8 Å². The number of nitrogens with zero attached hydrogens (tertiary/aromatic N) is 4. The summed E-state index contributed by atoms with van der Waals surface area (Å²) in [5, 5.41) is 9.93. The number of benzene rings is 1. The maximum absolute atomic E-state index is 12.9. The number of halogens is 1. The van der Waals surface area contributed by atoms with Crippen molar-refractivity contribution >= 4 is 29.1 Å². The molecule has 2 amide bonds. The van der Waals surface area contributed by atoms with Gasteiger partial charge in [-0.2, -0.15) is 5.10 Å². The van der Waals surface area contributed by atoms with Crippen LogP contribution in [0.15, 0.2) is 55.2 Å². The van der Waals surface area contributed by atoms with Gasteiger partial charge < -0.3 is 10.6 Å². The topological polar surface area (TPSA) is 102 Å². The van der Waals surface area contributed by atoms with Crippen LogP contribution in [-0.2, 0) is 4.79 Å². The quantitative estimate of drug-likeness (QED) is 0.664. The third-order valence-electron chi connectivity index (χ3n) is 4.03. The Labute approximate surface area is 167 Å². The first kappa shape index (κ1) is 19.5. The molecule has 1 aromatic carbocycles. The van der Waals surface area contributed by atoms with Crippen molar-refractivity contribution in [2.45, 2.75) is 19.9 Å². The van der Waals surface area contributed by atoms with Crippen LogP contribution in [0.3, 0.4) is 0 Å². The molecule has 2 heterocycles. The van der Waals surface area contributed by atoms with Crippen molar-refractivity contribution in [3.05, 3.63) is 65.8 Å². The van der Waals surface area contributed by atoms with E-state index in [1.165, 1.54) is 17.3 Å². The average molecular weight is 399 g/mol. The van der Waals surface area contributed by atoms with Gasteiger partial charge in [0.25, 0.3) is 5.91 Å². The number of hydrogen-bond acceptors (Lipinski definition) is 5. The van der Waals surface area contributed by atoms with Crippen LogP contribution in [0.4, 0.5) is 5.69 Å². The highest BCUT2D eigenvalue weighted by Crippen LogP contribution is 2.18.